The van der Waals surface area contributed by atoms with Crippen LogP contribution in [0.15, 0.2) is 72.2 Å². The lowest BCUT2D eigenvalue weighted by Gasteiger charge is -2.37. The van der Waals surface area contributed by atoms with Gasteiger partial charge in [-0.15, -0.1) is 0 Å². The van der Waals surface area contributed by atoms with Crippen LogP contribution in [-0.2, 0) is 10.8 Å². The molecule has 1 aliphatic heterocycles. The van der Waals surface area contributed by atoms with Crippen molar-refractivity contribution in [2.75, 3.05) is 11.4 Å². The Balaban J connectivity index is 1.41. The van der Waals surface area contributed by atoms with E-state index in [1.807, 2.05) is 0 Å². The molecule has 1 saturated carbocycles. The van der Waals surface area contributed by atoms with E-state index in [1.54, 1.807) is 6.08 Å². The molecule has 5 heteroatoms. The average molecular weight is 502 g/mol. The average Bonchev–Trinajstić information content (AvgIpc) is 3.43. The first kappa shape index (κ1) is 23.3. The Morgan fingerprint density at radius 3 is 2.21 bits per heavy atom. The van der Waals surface area contributed by atoms with E-state index in [0.717, 1.165) is 19.4 Å². The first-order valence-electron chi connectivity index (χ1n) is 13.8. The summed E-state index contributed by atoms with van der Waals surface area (Å²) in [5, 5.41) is 0. The second kappa shape index (κ2) is 8.07. The van der Waals surface area contributed by atoms with Gasteiger partial charge in [0.2, 0.25) is 11.6 Å². The van der Waals surface area contributed by atoms with Gasteiger partial charge in [-0.2, -0.15) is 0 Å². The van der Waals surface area contributed by atoms with E-state index < -0.39 is 0 Å². The number of benzene rings is 2. The number of carbonyl (C=O) groups is 2. The second-order valence-corrected chi connectivity index (χ2v) is 11.5. The lowest BCUT2D eigenvalue weighted by molar-refractivity contribution is 0.0986. The van der Waals surface area contributed by atoms with E-state index in [9.17, 15) is 9.59 Å². The molecule has 2 heterocycles. The molecular weight excluding hydrogens is 470 g/mol. The van der Waals surface area contributed by atoms with E-state index >= 15 is 0 Å². The number of hydrogen-bond acceptors (Lipinski definition) is 5. The van der Waals surface area contributed by atoms with Gasteiger partial charge in [-0.3, -0.25) is 9.59 Å². The summed E-state index contributed by atoms with van der Waals surface area (Å²) in [6.07, 6.45) is 12.4. The van der Waals surface area contributed by atoms with E-state index in [1.165, 1.54) is 70.9 Å². The van der Waals surface area contributed by atoms with Crippen LogP contribution in [0, 0.1) is 0 Å². The number of hydrogen-bond donors (Lipinski definition) is 0. The Labute approximate surface area is 223 Å². The molecule has 0 bridgehead atoms. The highest BCUT2D eigenvalue weighted by molar-refractivity contribution is 6.38. The second-order valence-electron chi connectivity index (χ2n) is 11.5. The van der Waals surface area contributed by atoms with Crippen LogP contribution in [0.2, 0.25) is 0 Å². The van der Waals surface area contributed by atoms with Gasteiger partial charge in [-0.05, 0) is 65.8 Å². The van der Waals surface area contributed by atoms with Crippen molar-refractivity contribution in [1.29, 1.82) is 0 Å². The van der Waals surface area contributed by atoms with Crippen LogP contribution in [0.3, 0.4) is 0 Å². The van der Waals surface area contributed by atoms with Crippen LogP contribution >= 0.6 is 0 Å². The van der Waals surface area contributed by atoms with Gasteiger partial charge in [-0.1, -0.05) is 63.4 Å². The van der Waals surface area contributed by atoms with Gasteiger partial charge in [0.1, 0.15) is 11.4 Å². The van der Waals surface area contributed by atoms with Crippen LogP contribution in [-0.4, -0.2) is 28.1 Å². The number of aromatic nitrogens is 2. The molecule has 0 radical (unpaired) electrons. The lowest BCUT2D eigenvalue weighted by atomic mass is 9.67. The fourth-order valence-electron chi connectivity index (χ4n) is 7.48. The fourth-order valence-corrected chi connectivity index (χ4v) is 7.48. The number of rotatable bonds is 2. The Morgan fingerprint density at radius 2 is 1.53 bits per heavy atom. The molecular formula is C33H31N3O2. The predicted octanol–water partition coefficient (Wildman–Crippen LogP) is 6.71. The SMILES string of the molecule is CCN1/C(=C\C=C2C(=O)c3nccnc3C2=O)C2(CCCCC2)c2cc3c(cc21)-c1ccccc1C3(C)C. The molecule has 3 aliphatic carbocycles. The molecule has 1 fully saturated rings. The van der Waals surface area contributed by atoms with Crippen molar-refractivity contribution in [2.45, 2.75) is 63.7 Å². The number of carbonyl (C=O) groups excluding carboxylic acids is 2. The van der Waals surface area contributed by atoms with E-state index in [-0.39, 0.29) is 39.4 Å². The number of Topliss-reactive ketones (excluding diaryl/α,β-unsaturated/α-hetero) is 2. The highest BCUT2D eigenvalue weighted by Gasteiger charge is 2.49. The van der Waals surface area contributed by atoms with Crippen molar-refractivity contribution in [2.24, 2.45) is 0 Å². The van der Waals surface area contributed by atoms with Crippen LogP contribution in [0.25, 0.3) is 11.1 Å². The summed E-state index contributed by atoms with van der Waals surface area (Å²) in [6, 6.07) is 13.7. The van der Waals surface area contributed by atoms with Crippen LogP contribution in [0.4, 0.5) is 5.69 Å². The Hall–Kier alpha value is -3.86. The molecule has 0 N–H and O–H groups in total. The number of anilines is 1. The van der Waals surface area contributed by atoms with Crippen molar-refractivity contribution in [3.05, 3.63) is 100 Å². The van der Waals surface area contributed by atoms with Gasteiger partial charge in [0.25, 0.3) is 0 Å². The molecule has 190 valence electrons. The molecule has 0 saturated heterocycles. The van der Waals surface area contributed by atoms with Gasteiger partial charge in [-0.25, -0.2) is 9.97 Å². The van der Waals surface area contributed by atoms with Crippen molar-refractivity contribution < 1.29 is 9.59 Å². The molecule has 2 aromatic carbocycles. The highest BCUT2D eigenvalue weighted by Crippen LogP contribution is 2.59. The van der Waals surface area contributed by atoms with Crippen molar-refractivity contribution in [3.8, 4) is 11.1 Å². The maximum absolute atomic E-state index is 13.0. The van der Waals surface area contributed by atoms with Crippen LogP contribution in [0.5, 0.6) is 0 Å². The first-order chi connectivity index (χ1) is 18.4. The number of fused-ring (bicyclic) bond motifs is 6. The third-order valence-electron chi connectivity index (χ3n) is 9.34. The third kappa shape index (κ3) is 2.93. The Morgan fingerprint density at radius 1 is 0.842 bits per heavy atom. The summed E-state index contributed by atoms with van der Waals surface area (Å²) in [4.78, 5) is 36.8. The van der Waals surface area contributed by atoms with Crippen molar-refractivity contribution in [1.82, 2.24) is 9.97 Å². The molecule has 7 rings (SSSR count). The standard InChI is InChI=1S/C33H31N3O2/c1-4-36-26-18-22-20-10-6-7-11-23(20)32(2,3)24(22)19-25(26)33(14-8-5-9-15-33)27(36)13-12-21-30(37)28-29(31(21)38)35-17-16-34-28/h6-7,10-13,16-19H,4-5,8-9,14-15H2,1-3H3/b27-13-. The molecule has 0 unspecified atom stereocenters. The topological polar surface area (TPSA) is 63.2 Å². The number of ketones is 2. The smallest absolute Gasteiger partial charge is 0.217 e. The van der Waals surface area contributed by atoms with Crippen LogP contribution < -0.4 is 4.90 Å². The number of nitrogens with zero attached hydrogens (tertiary/aromatic N) is 3. The summed E-state index contributed by atoms with van der Waals surface area (Å²) in [5.41, 5.74) is 9.61. The molecule has 38 heavy (non-hydrogen) atoms. The van der Waals surface area contributed by atoms with E-state index in [2.05, 4.69) is 78.1 Å². The third-order valence-corrected chi connectivity index (χ3v) is 9.34. The van der Waals surface area contributed by atoms with Gasteiger partial charge >= 0.3 is 0 Å². The summed E-state index contributed by atoms with van der Waals surface area (Å²) in [7, 11) is 0. The summed E-state index contributed by atoms with van der Waals surface area (Å²) in [6.45, 7) is 7.68. The largest absolute Gasteiger partial charge is 0.344 e. The Kier molecular flexibility index (Phi) is 4.94. The van der Waals surface area contributed by atoms with Crippen LogP contribution in [0.1, 0.15) is 90.5 Å². The molecule has 3 aromatic rings. The number of likely N-dealkylation sites (N-methyl/N-ethyl adjacent to an activating group) is 1. The molecule has 4 aliphatic rings. The molecule has 5 nitrogen and oxygen atoms in total. The fraction of sp³-hybridized carbons (Fsp3) is 0.333. The molecule has 0 atom stereocenters. The van der Waals surface area contributed by atoms with Crippen molar-refractivity contribution >= 4 is 17.3 Å². The van der Waals surface area contributed by atoms with Gasteiger partial charge in [0.15, 0.2) is 0 Å². The quantitative estimate of drug-likeness (QED) is 0.288. The monoisotopic (exact) mass is 501 g/mol. The summed E-state index contributed by atoms with van der Waals surface area (Å²) in [5.74, 6) is -0.660. The normalized spacial score (nSPS) is 21.1. The van der Waals surface area contributed by atoms with E-state index in [4.69, 9.17) is 0 Å². The van der Waals surface area contributed by atoms with Gasteiger partial charge in [0.05, 0.1) is 5.57 Å². The minimum Gasteiger partial charge on any atom is -0.344 e. The zero-order chi connectivity index (χ0) is 26.2. The molecule has 1 spiro atoms. The Bertz CT molecular complexity index is 1570. The summed E-state index contributed by atoms with van der Waals surface area (Å²) >= 11 is 0. The number of allylic oxidation sites excluding steroid dienone is 4. The van der Waals surface area contributed by atoms with Gasteiger partial charge < -0.3 is 4.90 Å². The zero-order valence-corrected chi connectivity index (χ0v) is 22.2. The zero-order valence-electron chi connectivity index (χ0n) is 22.2. The minimum absolute atomic E-state index is 0.0588. The minimum atomic E-state index is -0.330. The van der Waals surface area contributed by atoms with Gasteiger partial charge in [0, 0.05) is 41.2 Å². The summed E-state index contributed by atoms with van der Waals surface area (Å²) < 4.78 is 0. The van der Waals surface area contributed by atoms with Crippen molar-refractivity contribution in [3.63, 3.8) is 0 Å². The highest BCUT2D eigenvalue weighted by atomic mass is 16.2. The van der Waals surface area contributed by atoms with E-state index in [0.29, 0.717) is 0 Å². The predicted molar refractivity (Wildman–Crippen MR) is 149 cm³/mol. The molecule has 1 aromatic heterocycles. The first-order valence-corrected chi connectivity index (χ1v) is 13.8. The maximum Gasteiger partial charge on any atom is 0.217 e. The lowest BCUT2D eigenvalue weighted by Crippen LogP contribution is -2.33. The molecule has 0 amide bonds. The maximum atomic E-state index is 13.0.